The second-order valence-corrected chi connectivity index (χ2v) is 14.1. The van der Waals surface area contributed by atoms with Crippen molar-refractivity contribution in [2.45, 2.75) is 32.1 Å². The summed E-state index contributed by atoms with van der Waals surface area (Å²) < 4.78 is 0. The molecule has 0 radical (unpaired) electrons. The fourth-order valence-corrected chi connectivity index (χ4v) is 10.2. The van der Waals surface area contributed by atoms with Crippen LogP contribution in [0.25, 0.3) is 0 Å². The maximum Gasteiger partial charge on any atom is 0.0939 e. The summed E-state index contributed by atoms with van der Waals surface area (Å²) in [5.74, 6) is 0. The van der Waals surface area contributed by atoms with Crippen LogP contribution in [0.3, 0.4) is 0 Å². The fraction of sp³-hybridized carbons (Fsp3) is 0.219. The van der Waals surface area contributed by atoms with Gasteiger partial charge in [0.1, 0.15) is 0 Å². The lowest BCUT2D eigenvalue weighted by molar-refractivity contribution is 0.457. The van der Waals surface area contributed by atoms with Crippen LogP contribution in [0, 0.1) is 0 Å². The van der Waals surface area contributed by atoms with Gasteiger partial charge in [0.25, 0.3) is 0 Å². The zero-order valence-corrected chi connectivity index (χ0v) is 23.5. The summed E-state index contributed by atoms with van der Waals surface area (Å²) in [6.07, 6.45) is 19.9. The zero-order chi connectivity index (χ0) is 26.6. The lowest BCUT2D eigenvalue weighted by atomic mass is 9.76. The summed E-state index contributed by atoms with van der Waals surface area (Å²) in [7, 11) is -0.673. The number of nitrogens with zero attached hydrogens (tertiary/aromatic N) is 5. The van der Waals surface area contributed by atoms with Crippen molar-refractivity contribution in [3.8, 4) is 0 Å². The van der Waals surface area contributed by atoms with Crippen molar-refractivity contribution in [1.29, 1.82) is 0 Å². The van der Waals surface area contributed by atoms with E-state index < -0.39 is 8.07 Å². The Morgan fingerprint density at radius 2 is 1.45 bits per heavy atom. The number of rotatable bonds is 9. The molecule has 0 saturated heterocycles. The number of benzene rings is 1. The van der Waals surface area contributed by atoms with Crippen LogP contribution in [-0.2, 0) is 5.41 Å². The maximum absolute atomic E-state index is 4.59. The molecule has 0 aliphatic carbocycles. The van der Waals surface area contributed by atoms with Gasteiger partial charge < -0.3 is 9.80 Å². The summed E-state index contributed by atoms with van der Waals surface area (Å²) in [6, 6.07) is 19.9. The summed E-state index contributed by atoms with van der Waals surface area (Å²) in [4.78, 5) is 18.3. The van der Waals surface area contributed by atoms with Crippen molar-refractivity contribution < 1.29 is 0 Å². The topological polar surface area (TPSA) is 45.2 Å². The average Bonchev–Trinajstić information content (AvgIpc) is 3.41. The second-order valence-electron chi connectivity index (χ2n) is 10.3. The first kappa shape index (κ1) is 25.6. The van der Waals surface area contributed by atoms with Crippen LogP contribution >= 0.6 is 0 Å². The standard InChI is InChI=1S/C32H35N5Si/c1-5-15-32(3,6-2)30-21-26(13-14-31(30)37-20-19-36(4)25-37)38(27-10-7-16-33-22-27,28-11-8-17-34-23-28)29-12-9-18-35-24-29/h5,7-14,16-24H,1,6,15,25H2,2-4H3/q-1. The van der Waals surface area contributed by atoms with Gasteiger partial charge in [0.15, 0.2) is 0 Å². The van der Waals surface area contributed by atoms with Crippen LogP contribution in [0.5, 0.6) is 0 Å². The van der Waals surface area contributed by atoms with Gasteiger partial charge in [-0.3, -0.25) is 15.0 Å². The molecule has 0 fully saturated rings. The minimum absolute atomic E-state index is 0.0684. The molecule has 0 saturated carbocycles. The highest BCUT2D eigenvalue weighted by molar-refractivity contribution is 7.19. The van der Waals surface area contributed by atoms with Gasteiger partial charge in [-0.05, 0) is 74.7 Å². The molecule has 4 heterocycles. The number of hydrogen-bond donors (Lipinski definition) is 0. The van der Waals surface area contributed by atoms with Crippen LogP contribution in [0.1, 0.15) is 32.3 Å². The Morgan fingerprint density at radius 3 is 1.87 bits per heavy atom. The van der Waals surface area contributed by atoms with Crippen LogP contribution in [0.4, 0.5) is 5.69 Å². The van der Waals surface area contributed by atoms with E-state index in [1.54, 1.807) is 0 Å². The van der Waals surface area contributed by atoms with Gasteiger partial charge in [-0.15, -0.1) is 6.58 Å². The van der Waals surface area contributed by atoms with E-state index in [2.05, 4.69) is 107 Å². The minimum atomic E-state index is -2.78. The number of allylic oxidation sites excluding steroid dienone is 1. The lowest BCUT2D eigenvalue weighted by Crippen LogP contribution is -2.75. The number of pyridine rings is 3. The Morgan fingerprint density at radius 1 is 0.868 bits per heavy atom. The van der Waals surface area contributed by atoms with Crippen LogP contribution in [0.2, 0.25) is 0 Å². The molecule has 6 heteroatoms. The number of anilines is 1. The second kappa shape index (κ2) is 10.8. The molecule has 1 atom stereocenters. The molecule has 1 aliphatic heterocycles. The van der Waals surface area contributed by atoms with Crippen LogP contribution in [0.15, 0.2) is 117 Å². The smallest absolute Gasteiger partial charge is 0.0939 e. The molecule has 0 N–H and O–H groups in total. The normalized spacial score (nSPS) is 14.9. The quantitative estimate of drug-likeness (QED) is 0.250. The number of hydrogen-bond acceptors (Lipinski definition) is 5. The van der Waals surface area contributed by atoms with E-state index in [1.807, 2.05) is 55.4 Å². The third-order valence-electron chi connectivity index (χ3n) is 7.92. The predicted molar refractivity (Wildman–Crippen MR) is 160 cm³/mol. The molecule has 0 spiro atoms. The molecule has 193 valence electrons. The first-order chi connectivity index (χ1) is 18.5. The van der Waals surface area contributed by atoms with Crippen molar-refractivity contribution >= 4 is 34.5 Å². The molecular formula is C32H35N5Si-. The third-order valence-corrected chi connectivity index (χ3v) is 12.6. The van der Waals surface area contributed by atoms with Gasteiger partial charge in [-0.2, -0.15) is 20.7 Å². The van der Waals surface area contributed by atoms with Crippen molar-refractivity contribution in [3.05, 3.63) is 122 Å². The van der Waals surface area contributed by atoms with Gasteiger partial charge in [0.05, 0.1) is 6.67 Å². The zero-order valence-electron chi connectivity index (χ0n) is 22.5. The largest absolute Gasteiger partial charge is 0.361 e. The summed E-state index contributed by atoms with van der Waals surface area (Å²) >= 11 is 0. The molecular weight excluding hydrogens is 482 g/mol. The molecule has 3 aromatic heterocycles. The van der Waals surface area contributed by atoms with Crippen molar-refractivity contribution in [2.75, 3.05) is 18.6 Å². The molecule has 0 amide bonds. The monoisotopic (exact) mass is 517 g/mol. The van der Waals surface area contributed by atoms with Crippen molar-refractivity contribution in [2.24, 2.45) is 0 Å². The third kappa shape index (κ3) is 4.45. The predicted octanol–water partition coefficient (Wildman–Crippen LogP) is 3.67. The fourth-order valence-electron chi connectivity index (χ4n) is 5.71. The van der Waals surface area contributed by atoms with Crippen LogP contribution in [-0.4, -0.2) is 41.6 Å². The van der Waals surface area contributed by atoms with E-state index in [0.29, 0.717) is 0 Å². The van der Waals surface area contributed by atoms with Crippen LogP contribution < -0.4 is 25.6 Å². The first-order valence-corrected chi connectivity index (χ1v) is 15.2. The lowest BCUT2D eigenvalue weighted by Gasteiger charge is -2.47. The van der Waals surface area contributed by atoms with Gasteiger partial charge in [-0.25, -0.2) is 0 Å². The number of aromatic nitrogens is 3. The van der Waals surface area contributed by atoms with E-state index in [0.717, 1.165) is 19.5 Å². The molecule has 1 aromatic carbocycles. The Labute approximate surface area is 227 Å². The Kier molecular flexibility index (Phi) is 7.25. The Hall–Kier alpha value is -4.03. The highest BCUT2D eigenvalue weighted by Crippen LogP contribution is 2.38. The molecule has 4 aromatic rings. The molecule has 0 bridgehead atoms. The summed E-state index contributed by atoms with van der Waals surface area (Å²) in [6.45, 7) is 9.59. The van der Waals surface area contributed by atoms with Gasteiger partial charge in [-0.1, -0.05) is 50.3 Å². The van der Waals surface area contributed by atoms with Gasteiger partial charge >= 0.3 is 0 Å². The SMILES string of the molecule is C=CCC(C)(CC)c1cc([Si-](c2cccnc2)(c2cccnc2)c2cccnc2)ccc1N1C=CN(C)C1. The van der Waals surface area contributed by atoms with E-state index in [-0.39, 0.29) is 5.41 Å². The molecule has 1 unspecified atom stereocenters. The maximum atomic E-state index is 4.59. The van der Waals surface area contributed by atoms with Crippen molar-refractivity contribution in [1.82, 2.24) is 19.9 Å². The molecule has 5 nitrogen and oxygen atoms in total. The molecule has 5 rings (SSSR count). The first-order valence-electron chi connectivity index (χ1n) is 13.2. The Bertz CT molecular complexity index is 1310. The van der Waals surface area contributed by atoms with E-state index in [4.69, 9.17) is 0 Å². The molecule has 1 aliphatic rings. The van der Waals surface area contributed by atoms with E-state index in [1.165, 1.54) is 32.0 Å². The highest BCUT2D eigenvalue weighted by atomic mass is 28.3. The van der Waals surface area contributed by atoms with E-state index in [9.17, 15) is 0 Å². The highest BCUT2D eigenvalue weighted by Gasteiger charge is 2.33. The molecule has 38 heavy (non-hydrogen) atoms. The van der Waals surface area contributed by atoms with Crippen molar-refractivity contribution in [3.63, 3.8) is 0 Å². The Balaban J connectivity index is 1.86. The summed E-state index contributed by atoms with van der Waals surface area (Å²) in [5.41, 5.74) is 2.51. The van der Waals surface area contributed by atoms with E-state index >= 15 is 0 Å². The average molecular weight is 518 g/mol. The summed E-state index contributed by atoms with van der Waals surface area (Å²) in [5, 5.41) is 4.93. The minimum Gasteiger partial charge on any atom is -0.361 e. The van der Waals surface area contributed by atoms with Gasteiger partial charge in [0, 0.05) is 43.7 Å². The van der Waals surface area contributed by atoms with Gasteiger partial charge in [0.2, 0.25) is 0 Å².